The molecule has 0 aliphatic rings. The summed E-state index contributed by atoms with van der Waals surface area (Å²) in [7, 11) is 0. The van der Waals surface area contributed by atoms with E-state index < -0.39 is 0 Å². The van der Waals surface area contributed by atoms with E-state index in [-0.39, 0.29) is 0 Å². The Bertz CT molecular complexity index is 2350. The predicted octanol–water partition coefficient (Wildman–Crippen LogP) is 11.0. The van der Waals surface area contributed by atoms with Gasteiger partial charge in [-0.15, -0.1) is 0 Å². The van der Waals surface area contributed by atoms with E-state index in [1.165, 1.54) is 43.4 Å². The summed E-state index contributed by atoms with van der Waals surface area (Å²) in [6.45, 7) is 7.35. The molecule has 2 aromatic heterocycles. The van der Waals surface area contributed by atoms with Gasteiger partial charge >= 0.3 is 0 Å². The average Bonchev–Trinajstić information content (AvgIpc) is 3.14. The van der Waals surface area contributed by atoms with E-state index in [1.54, 1.807) is 24.5 Å². The first-order valence-corrected chi connectivity index (χ1v) is 15.0. The van der Waals surface area contributed by atoms with Gasteiger partial charge < -0.3 is 0 Å². The number of fused-ring (bicyclic) bond motifs is 5. The van der Waals surface area contributed by atoms with Crippen molar-refractivity contribution in [2.45, 2.75) is 0 Å². The Morgan fingerprint density at radius 1 is 0.478 bits per heavy atom. The molecular weight excluding hydrogens is 560 g/mol. The Hall–Kier alpha value is -6.62. The standard InChI is InChI=1S/C42H24N4/c1-44-32-19-21-46-42(23-32)31-16-12-29(13-17-31)38-25-40-35-8-4-2-6-33(35)37(24-39(40)36-9-5-3-7-34(36)38)28-10-14-30(15-11-28)41-22-27(26-43)18-20-45-41/h2-25H. The van der Waals surface area contributed by atoms with Gasteiger partial charge in [-0.1, -0.05) is 97.1 Å². The van der Waals surface area contributed by atoms with E-state index in [9.17, 15) is 5.26 Å². The summed E-state index contributed by atoms with van der Waals surface area (Å²) in [4.78, 5) is 12.5. The van der Waals surface area contributed by atoms with Crippen LogP contribution in [0, 0.1) is 17.9 Å². The second-order valence-corrected chi connectivity index (χ2v) is 11.2. The molecule has 0 bridgehead atoms. The number of nitriles is 1. The van der Waals surface area contributed by atoms with Crippen molar-refractivity contribution in [2.24, 2.45) is 0 Å². The molecule has 0 unspecified atom stereocenters. The van der Waals surface area contributed by atoms with Crippen LogP contribution in [-0.4, -0.2) is 9.97 Å². The maximum absolute atomic E-state index is 9.33. The quantitative estimate of drug-likeness (QED) is 0.153. The zero-order valence-electron chi connectivity index (χ0n) is 24.6. The number of aromatic nitrogens is 2. The van der Waals surface area contributed by atoms with Crippen molar-refractivity contribution in [3.63, 3.8) is 0 Å². The first-order valence-electron chi connectivity index (χ1n) is 15.0. The van der Waals surface area contributed by atoms with Gasteiger partial charge in [0.1, 0.15) is 0 Å². The Kier molecular flexibility index (Phi) is 6.53. The monoisotopic (exact) mass is 584 g/mol. The number of pyridine rings is 2. The molecule has 4 nitrogen and oxygen atoms in total. The molecule has 212 valence electrons. The molecule has 0 saturated heterocycles. The third-order valence-corrected chi connectivity index (χ3v) is 8.63. The molecular formula is C42H24N4. The number of benzene rings is 6. The zero-order chi connectivity index (χ0) is 31.0. The van der Waals surface area contributed by atoms with Crippen molar-refractivity contribution in [3.05, 3.63) is 163 Å². The Morgan fingerprint density at radius 3 is 1.43 bits per heavy atom. The number of hydrogen-bond acceptors (Lipinski definition) is 3. The smallest absolute Gasteiger partial charge is 0.190 e. The van der Waals surface area contributed by atoms with Gasteiger partial charge in [0.05, 0.1) is 29.6 Å². The van der Waals surface area contributed by atoms with Crippen LogP contribution in [-0.2, 0) is 0 Å². The van der Waals surface area contributed by atoms with Crippen LogP contribution < -0.4 is 0 Å². The molecule has 0 fully saturated rings. The molecule has 46 heavy (non-hydrogen) atoms. The van der Waals surface area contributed by atoms with Crippen LogP contribution in [0.1, 0.15) is 5.56 Å². The van der Waals surface area contributed by atoms with Gasteiger partial charge in [0, 0.05) is 18.0 Å². The van der Waals surface area contributed by atoms with Crippen LogP contribution in [0.15, 0.2) is 146 Å². The van der Waals surface area contributed by atoms with Crippen LogP contribution in [0.2, 0.25) is 0 Å². The summed E-state index contributed by atoms with van der Waals surface area (Å²) in [5.41, 5.74) is 9.31. The van der Waals surface area contributed by atoms with Crippen LogP contribution >= 0.6 is 0 Å². The van der Waals surface area contributed by atoms with Gasteiger partial charge in [-0.2, -0.15) is 5.26 Å². The highest BCUT2D eigenvalue weighted by Gasteiger charge is 2.15. The lowest BCUT2D eigenvalue weighted by Crippen LogP contribution is -1.90. The Balaban J connectivity index is 1.28. The van der Waals surface area contributed by atoms with Crippen LogP contribution in [0.5, 0.6) is 0 Å². The van der Waals surface area contributed by atoms with Crippen molar-refractivity contribution in [1.29, 1.82) is 5.26 Å². The molecule has 0 aliphatic heterocycles. The lowest BCUT2D eigenvalue weighted by atomic mass is 9.87. The van der Waals surface area contributed by atoms with Gasteiger partial charge in [-0.3, -0.25) is 9.97 Å². The van der Waals surface area contributed by atoms with E-state index >= 15 is 0 Å². The first-order chi connectivity index (χ1) is 22.7. The summed E-state index contributed by atoms with van der Waals surface area (Å²) in [5, 5.41) is 16.5. The summed E-state index contributed by atoms with van der Waals surface area (Å²) in [6, 6.07) is 48.1. The van der Waals surface area contributed by atoms with Gasteiger partial charge in [0.15, 0.2) is 5.69 Å². The fraction of sp³-hybridized carbons (Fsp3) is 0. The van der Waals surface area contributed by atoms with Gasteiger partial charge in [-0.05, 0) is 96.5 Å². The minimum absolute atomic E-state index is 0.583. The highest BCUT2D eigenvalue weighted by molar-refractivity contribution is 6.23. The molecule has 8 aromatic rings. The second-order valence-electron chi connectivity index (χ2n) is 11.2. The minimum Gasteiger partial charge on any atom is -0.259 e. The van der Waals surface area contributed by atoms with Crippen molar-refractivity contribution < 1.29 is 0 Å². The van der Waals surface area contributed by atoms with E-state index in [0.717, 1.165) is 33.6 Å². The molecule has 0 radical (unpaired) electrons. The molecule has 2 heterocycles. The molecule has 0 aliphatic carbocycles. The van der Waals surface area contributed by atoms with E-state index in [2.05, 4.69) is 130 Å². The fourth-order valence-electron chi connectivity index (χ4n) is 6.37. The van der Waals surface area contributed by atoms with Crippen molar-refractivity contribution in [3.8, 4) is 50.8 Å². The van der Waals surface area contributed by atoms with Crippen molar-refractivity contribution in [1.82, 2.24) is 9.97 Å². The topological polar surface area (TPSA) is 53.9 Å². The molecule has 0 N–H and O–H groups in total. The number of nitrogens with zero attached hydrogens (tertiary/aromatic N) is 4. The summed E-state index contributed by atoms with van der Waals surface area (Å²) >= 11 is 0. The minimum atomic E-state index is 0.583. The van der Waals surface area contributed by atoms with Crippen molar-refractivity contribution >= 4 is 38.0 Å². The molecule has 4 heteroatoms. The molecule has 0 spiro atoms. The molecule has 6 aromatic carbocycles. The third-order valence-electron chi connectivity index (χ3n) is 8.63. The van der Waals surface area contributed by atoms with Crippen LogP contribution in [0.25, 0.3) is 81.9 Å². The van der Waals surface area contributed by atoms with Gasteiger partial charge in [0.25, 0.3) is 0 Å². The highest BCUT2D eigenvalue weighted by Crippen LogP contribution is 2.42. The summed E-state index contributed by atoms with van der Waals surface area (Å²) in [5.74, 6) is 0. The van der Waals surface area contributed by atoms with Gasteiger partial charge in [-0.25, -0.2) is 4.85 Å². The zero-order valence-corrected chi connectivity index (χ0v) is 24.6. The fourth-order valence-corrected chi connectivity index (χ4v) is 6.37. The van der Waals surface area contributed by atoms with Gasteiger partial charge in [0.2, 0.25) is 0 Å². The average molecular weight is 585 g/mol. The maximum atomic E-state index is 9.33. The molecule has 0 atom stereocenters. The molecule has 8 rings (SSSR count). The van der Waals surface area contributed by atoms with Crippen LogP contribution in [0.4, 0.5) is 5.69 Å². The largest absolute Gasteiger partial charge is 0.259 e. The lowest BCUT2D eigenvalue weighted by molar-refractivity contribution is 1.31. The second kappa shape index (κ2) is 11.1. The summed E-state index contributed by atoms with van der Waals surface area (Å²) < 4.78 is 0. The van der Waals surface area contributed by atoms with Crippen LogP contribution in [0.3, 0.4) is 0 Å². The Morgan fingerprint density at radius 2 is 0.935 bits per heavy atom. The number of rotatable bonds is 4. The summed E-state index contributed by atoms with van der Waals surface area (Å²) in [6.07, 6.45) is 3.37. The molecule has 0 saturated carbocycles. The van der Waals surface area contributed by atoms with E-state index in [4.69, 9.17) is 6.57 Å². The van der Waals surface area contributed by atoms with E-state index in [1.807, 2.05) is 12.1 Å². The SMILES string of the molecule is [C-]#[N+]c1ccnc(-c2ccc(-c3cc4c5ccccc5c(-c5ccc(-c6cc(C#N)ccn6)cc5)cc4c4ccccc34)cc2)c1. The van der Waals surface area contributed by atoms with Crippen molar-refractivity contribution in [2.75, 3.05) is 0 Å². The Labute approximate surface area is 266 Å². The molecule has 0 amide bonds. The number of hydrogen-bond donors (Lipinski definition) is 0. The van der Waals surface area contributed by atoms with E-state index in [0.29, 0.717) is 11.3 Å². The first kappa shape index (κ1) is 27.0. The maximum Gasteiger partial charge on any atom is 0.190 e. The lowest BCUT2D eigenvalue weighted by Gasteiger charge is -2.16. The normalized spacial score (nSPS) is 11.0. The third kappa shape index (κ3) is 4.63. The predicted molar refractivity (Wildman–Crippen MR) is 187 cm³/mol. The highest BCUT2D eigenvalue weighted by atomic mass is 14.7.